The van der Waals surface area contributed by atoms with Gasteiger partial charge in [-0.3, -0.25) is 9.00 Å². The smallest absolute Gasteiger partial charge is 0.331 e. The van der Waals surface area contributed by atoms with Crippen molar-refractivity contribution in [2.45, 2.75) is 55.4 Å². The van der Waals surface area contributed by atoms with Crippen LogP contribution in [-0.4, -0.2) is 58.3 Å². The van der Waals surface area contributed by atoms with E-state index in [1.54, 1.807) is 30.3 Å². The Balaban J connectivity index is 1.67. The van der Waals surface area contributed by atoms with Crippen molar-refractivity contribution in [1.82, 2.24) is 4.90 Å². The maximum atomic E-state index is 14.0. The fourth-order valence-electron chi connectivity index (χ4n) is 5.50. The quantitative estimate of drug-likeness (QED) is 0.223. The maximum Gasteiger partial charge on any atom is 0.331 e. The second-order valence-electron chi connectivity index (χ2n) is 10.8. The lowest BCUT2D eigenvalue weighted by Crippen LogP contribution is -2.38. The monoisotopic (exact) mass is 608 g/mol. The van der Waals surface area contributed by atoms with Crippen LogP contribution in [-0.2, 0) is 20.4 Å². The van der Waals surface area contributed by atoms with Crippen LogP contribution < -0.4 is 9.64 Å². The van der Waals surface area contributed by atoms with Crippen molar-refractivity contribution in [3.63, 3.8) is 0 Å². The number of thioether (sulfide) groups is 1. The summed E-state index contributed by atoms with van der Waals surface area (Å²) in [6.07, 6.45) is 6.01. The minimum absolute atomic E-state index is 0.113. The zero-order valence-corrected chi connectivity index (χ0v) is 26.4. The lowest BCUT2D eigenvalue weighted by Gasteiger charge is -2.36. The Labute approximate surface area is 255 Å². The van der Waals surface area contributed by atoms with Crippen LogP contribution in [0.1, 0.15) is 51.1 Å². The molecule has 0 aliphatic carbocycles. The molecule has 0 spiro atoms. The van der Waals surface area contributed by atoms with Crippen LogP contribution in [0.3, 0.4) is 0 Å². The number of amides is 1. The lowest BCUT2D eigenvalue weighted by atomic mass is 9.81. The average molecular weight is 609 g/mol. The molecule has 224 valence electrons. The molecule has 4 rings (SSSR count). The van der Waals surface area contributed by atoms with E-state index in [1.807, 2.05) is 36.6 Å². The van der Waals surface area contributed by atoms with Gasteiger partial charge in [0.2, 0.25) is 0 Å². The van der Waals surface area contributed by atoms with Crippen molar-refractivity contribution >= 4 is 45.8 Å². The number of fused-ring (bicyclic) bond motifs is 1. The molecule has 3 aromatic rings. The van der Waals surface area contributed by atoms with E-state index in [1.165, 1.54) is 23.7 Å². The SMILES string of the molecule is CCCCC1(CC)CN(c2ccccc2)c2cc(SC)c(OCC(=O)N(C)C(C(=O)O)c3ccccc3)cc2S(=O)C1. The van der Waals surface area contributed by atoms with E-state index in [9.17, 15) is 18.9 Å². The molecule has 1 N–H and O–H groups in total. The first-order valence-electron chi connectivity index (χ1n) is 14.3. The molecule has 0 fully saturated rings. The van der Waals surface area contributed by atoms with E-state index in [4.69, 9.17) is 4.74 Å². The molecule has 1 aliphatic heterocycles. The van der Waals surface area contributed by atoms with Gasteiger partial charge in [-0.15, -0.1) is 11.8 Å². The number of benzene rings is 3. The number of anilines is 2. The Morgan fingerprint density at radius 1 is 1.10 bits per heavy atom. The first-order valence-corrected chi connectivity index (χ1v) is 16.9. The van der Waals surface area contributed by atoms with Crippen LogP contribution in [0.25, 0.3) is 0 Å². The van der Waals surface area contributed by atoms with E-state index in [-0.39, 0.29) is 12.0 Å². The number of hydrogen-bond donors (Lipinski definition) is 1. The van der Waals surface area contributed by atoms with Gasteiger partial charge in [-0.1, -0.05) is 75.2 Å². The topological polar surface area (TPSA) is 87.2 Å². The normalized spacial score (nSPS) is 19.0. The third-order valence-corrected chi connectivity index (χ3v) is 10.5. The number of rotatable bonds is 12. The minimum Gasteiger partial charge on any atom is -0.483 e. The second kappa shape index (κ2) is 14.2. The first kappa shape index (κ1) is 31.6. The van der Waals surface area contributed by atoms with Gasteiger partial charge in [0.1, 0.15) is 5.75 Å². The molecule has 0 bridgehead atoms. The number of carboxylic acid groups (broad SMARTS) is 1. The molecule has 1 heterocycles. The predicted molar refractivity (Wildman–Crippen MR) is 170 cm³/mol. The lowest BCUT2D eigenvalue weighted by molar-refractivity contribution is -0.150. The minimum atomic E-state index is -1.29. The largest absolute Gasteiger partial charge is 0.483 e. The highest BCUT2D eigenvalue weighted by Crippen LogP contribution is 2.46. The maximum absolute atomic E-state index is 14.0. The van der Waals surface area contributed by atoms with E-state index < -0.39 is 28.7 Å². The Bertz CT molecular complexity index is 1400. The summed E-state index contributed by atoms with van der Waals surface area (Å²) >= 11 is 1.49. The van der Waals surface area contributed by atoms with Crippen LogP contribution >= 0.6 is 11.8 Å². The van der Waals surface area contributed by atoms with E-state index in [0.29, 0.717) is 22.0 Å². The number of hydrogen-bond acceptors (Lipinski definition) is 6. The number of carboxylic acids is 1. The molecular weight excluding hydrogens is 569 g/mol. The van der Waals surface area contributed by atoms with Crippen LogP contribution in [0.4, 0.5) is 11.4 Å². The van der Waals surface area contributed by atoms with Gasteiger partial charge in [0.05, 0.1) is 26.3 Å². The molecule has 3 unspecified atom stereocenters. The van der Waals surface area contributed by atoms with Gasteiger partial charge in [0, 0.05) is 25.0 Å². The Morgan fingerprint density at radius 3 is 2.36 bits per heavy atom. The number of nitrogens with zero attached hydrogens (tertiary/aromatic N) is 2. The Hall–Kier alpha value is -3.30. The molecule has 0 saturated heterocycles. The van der Waals surface area contributed by atoms with E-state index >= 15 is 0 Å². The van der Waals surface area contributed by atoms with Crippen molar-refractivity contribution in [3.8, 4) is 5.75 Å². The van der Waals surface area contributed by atoms with Gasteiger partial charge in [-0.05, 0) is 54.3 Å². The van der Waals surface area contributed by atoms with Gasteiger partial charge in [0.25, 0.3) is 5.91 Å². The molecule has 42 heavy (non-hydrogen) atoms. The van der Waals surface area contributed by atoms with Gasteiger partial charge in [-0.2, -0.15) is 0 Å². The fourth-order valence-corrected chi connectivity index (χ4v) is 7.84. The highest BCUT2D eigenvalue weighted by Gasteiger charge is 2.38. The summed E-state index contributed by atoms with van der Waals surface area (Å²) in [7, 11) is 0.184. The molecule has 0 aromatic heterocycles. The van der Waals surface area contributed by atoms with Crippen LogP contribution in [0.2, 0.25) is 0 Å². The number of aliphatic carboxylic acids is 1. The van der Waals surface area contributed by atoms with Gasteiger partial charge in [0.15, 0.2) is 12.6 Å². The molecule has 7 nitrogen and oxygen atoms in total. The third-order valence-electron chi connectivity index (χ3n) is 8.07. The van der Waals surface area contributed by atoms with Gasteiger partial charge < -0.3 is 19.6 Å². The standard InChI is InChI=1S/C33H40N2O5S2/c1-5-7-18-33(6-2)22-35(25-16-12-9-13-17-25)26-19-28(41-4)27(20-29(26)42(39)23-33)40-21-30(36)34(3)31(32(37)38)24-14-10-8-11-15-24/h8-17,19-20,31H,5-7,18,21-23H2,1-4H3,(H,37,38). The molecule has 0 saturated carbocycles. The molecular formula is C33H40N2O5S2. The van der Waals surface area contributed by atoms with Crippen molar-refractivity contribution in [2.24, 2.45) is 5.41 Å². The molecule has 3 aromatic carbocycles. The number of para-hydroxylation sites is 1. The number of ether oxygens (including phenoxy) is 1. The van der Waals surface area contributed by atoms with E-state index in [2.05, 4.69) is 30.9 Å². The summed E-state index contributed by atoms with van der Waals surface area (Å²) in [5.41, 5.74) is 2.33. The van der Waals surface area contributed by atoms with Crippen molar-refractivity contribution in [1.29, 1.82) is 0 Å². The van der Waals surface area contributed by atoms with Crippen LogP contribution in [0.5, 0.6) is 5.75 Å². The highest BCUT2D eigenvalue weighted by atomic mass is 32.2. The zero-order chi connectivity index (χ0) is 30.3. The summed E-state index contributed by atoms with van der Waals surface area (Å²) in [5, 5.41) is 9.86. The number of unbranched alkanes of at least 4 members (excludes halogenated alkanes) is 1. The van der Waals surface area contributed by atoms with Crippen LogP contribution in [0, 0.1) is 5.41 Å². The van der Waals surface area contributed by atoms with Crippen LogP contribution in [0.15, 0.2) is 82.6 Å². The van der Waals surface area contributed by atoms with Crippen molar-refractivity contribution in [2.75, 3.05) is 37.1 Å². The zero-order valence-electron chi connectivity index (χ0n) is 24.7. The Kier molecular flexibility index (Phi) is 10.7. The predicted octanol–water partition coefficient (Wildman–Crippen LogP) is 6.92. The summed E-state index contributed by atoms with van der Waals surface area (Å²) in [6.45, 7) is 4.80. The van der Waals surface area contributed by atoms with Gasteiger partial charge in [-0.25, -0.2) is 4.79 Å². The van der Waals surface area contributed by atoms with Crippen molar-refractivity contribution < 1.29 is 23.6 Å². The summed E-state index contributed by atoms with van der Waals surface area (Å²) in [6, 6.07) is 21.6. The van der Waals surface area contributed by atoms with Crippen molar-refractivity contribution in [3.05, 3.63) is 78.4 Å². The van der Waals surface area contributed by atoms with E-state index in [0.717, 1.165) is 48.5 Å². The summed E-state index contributed by atoms with van der Waals surface area (Å²) in [5.74, 6) is -0.569. The summed E-state index contributed by atoms with van der Waals surface area (Å²) < 4.78 is 20.1. The number of carbonyl (C=O) groups is 2. The number of carbonyl (C=O) groups excluding carboxylic acids is 1. The van der Waals surface area contributed by atoms with Gasteiger partial charge >= 0.3 is 5.97 Å². The molecule has 0 radical (unpaired) electrons. The molecule has 1 amide bonds. The fraction of sp³-hybridized carbons (Fsp3) is 0.394. The Morgan fingerprint density at radius 2 is 1.76 bits per heavy atom. The molecule has 3 atom stereocenters. The highest BCUT2D eigenvalue weighted by molar-refractivity contribution is 7.98. The second-order valence-corrected chi connectivity index (χ2v) is 13.1. The average Bonchev–Trinajstić information content (AvgIpc) is 3.13. The number of likely N-dealkylation sites (N-methyl/N-ethyl adjacent to an activating group) is 1. The molecule has 9 heteroatoms. The third kappa shape index (κ3) is 7.01. The summed E-state index contributed by atoms with van der Waals surface area (Å²) in [4.78, 5) is 30.2. The first-order chi connectivity index (χ1) is 20.2. The molecule has 1 aliphatic rings.